The first-order chi connectivity index (χ1) is 13.8. The van der Waals surface area contributed by atoms with Crippen LogP contribution in [0.2, 0.25) is 0 Å². The molecule has 0 aliphatic carbocycles. The van der Waals surface area contributed by atoms with Crippen molar-refractivity contribution in [2.24, 2.45) is 0 Å². The van der Waals surface area contributed by atoms with Gasteiger partial charge in [0.2, 0.25) is 10.0 Å². The number of rotatable bonds is 5. The average molecular weight is 419 g/mol. The molecule has 0 bridgehead atoms. The zero-order valence-electron chi connectivity index (χ0n) is 17.1. The van der Waals surface area contributed by atoms with Crippen molar-refractivity contribution < 1.29 is 22.7 Å². The number of hydrogen-bond donors (Lipinski definition) is 0. The van der Waals surface area contributed by atoms with Gasteiger partial charge < -0.3 is 14.4 Å². The van der Waals surface area contributed by atoms with Gasteiger partial charge >= 0.3 is 0 Å². The Morgan fingerprint density at radius 2 is 1.59 bits per heavy atom. The fourth-order valence-corrected chi connectivity index (χ4v) is 4.85. The van der Waals surface area contributed by atoms with Crippen LogP contribution in [-0.2, 0) is 10.0 Å². The molecule has 2 aromatic carbocycles. The quantitative estimate of drug-likeness (QED) is 0.746. The van der Waals surface area contributed by atoms with Crippen molar-refractivity contribution in [2.75, 3.05) is 40.4 Å². The number of ether oxygens (including phenoxy) is 2. The summed E-state index contributed by atoms with van der Waals surface area (Å²) in [6, 6.07) is 10.2. The molecule has 1 fully saturated rings. The summed E-state index contributed by atoms with van der Waals surface area (Å²) in [5, 5.41) is 0. The highest BCUT2D eigenvalue weighted by atomic mass is 32.2. The van der Waals surface area contributed by atoms with Gasteiger partial charge in [-0.15, -0.1) is 0 Å². The highest BCUT2D eigenvalue weighted by Gasteiger charge is 2.31. The molecule has 0 aromatic heterocycles. The summed E-state index contributed by atoms with van der Waals surface area (Å²) in [4.78, 5) is 14.7. The molecule has 0 saturated carbocycles. The second kappa shape index (κ2) is 8.42. The van der Waals surface area contributed by atoms with Crippen LogP contribution in [0.3, 0.4) is 0 Å². The first kappa shape index (κ1) is 21.1. The average Bonchev–Trinajstić information content (AvgIpc) is 2.74. The Labute approximate surface area is 171 Å². The number of amides is 1. The third kappa shape index (κ3) is 4.09. The number of methoxy groups -OCH3 is 2. The number of sulfonamides is 1. The zero-order chi connectivity index (χ0) is 21.2. The van der Waals surface area contributed by atoms with E-state index in [0.29, 0.717) is 30.2 Å². The van der Waals surface area contributed by atoms with Crippen molar-refractivity contribution in [3.63, 3.8) is 0 Å². The summed E-state index contributed by atoms with van der Waals surface area (Å²) in [6.07, 6.45) is 0. The molecule has 0 N–H and O–H groups in total. The molecule has 0 spiro atoms. The Hall–Kier alpha value is -2.58. The Balaban J connectivity index is 1.74. The number of carbonyl (C=O) groups excluding carboxylic acids is 1. The Kier molecular flexibility index (Phi) is 6.14. The molecule has 0 unspecified atom stereocenters. The smallest absolute Gasteiger partial charge is 0.254 e. The van der Waals surface area contributed by atoms with E-state index in [9.17, 15) is 13.2 Å². The molecule has 1 heterocycles. The topological polar surface area (TPSA) is 76.2 Å². The normalized spacial score (nSPS) is 15.2. The highest BCUT2D eigenvalue weighted by Crippen LogP contribution is 2.31. The van der Waals surface area contributed by atoms with Crippen molar-refractivity contribution in [1.82, 2.24) is 9.21 Å². The molecule has 1 aliphatic rings. The number of piperazine rings is 1. The summed E-state index contributed by atoms with van der Waals surface area (Å²) in [7, 11) is -0.726. The van der Waals surface area contributed by atoms with Gasteiger partial charge in [0.1, 0.15) is 0 Å². The van der Waals surface area contributed by atoms with Gasteiger partial charge in [0.05, 0.1) is 19.1 Å². The van der Waals surface area contributed by atoms with E-state index in [4.69, 9.17) is 9.47 Å². The highest BCUT2D eigenvalue weighted by molar-refractivity contribution is 7.89. The van der Waals surface area contributed by atoms with Crippen molar-refractivity contribution in [1.29, 1.82) is 0 Å². The summed E-state index contributed by atoms with van der Waals surface area (Å²) >= 11 is 0. The minimum absolute atomic E-state index is 0.0608. The SMILES string of the molecule is COc1ccc(S(=O)(=O)N2CCN(C(=O)c3cccc(C)c3C)CC2)cc1OC. The van der Waals surface area contributed by atoms with Gasteiger partial charge in [-0.1, -0.05) is 12.1 Å². The predicted molar refractivity (Wildman–Crippen MR) is 110 cm³/mol. The van der Waals surface area contributed by atoms with Gasteiger partial charge in [-0.3, -0.25) is 4.79 Å². The van der Waals surface area contributed by atoms with Gasteiger partial charge in [-0.25, -0.2) is 8.42 Å². The van der Waals surface area contributed by atoms with Crippen molar-refractivity contribution in [3.05, 3.63) is 53.1 Å². The standard InChI is InChI=1S/C21H26N2O5S/c1-15-6-5-7-18(16(15)2)21(24)22-10-12-23(13-11-22)29(25,26)17-8-9-19(27-3)20(14-17)28-4/h5-9,14H,10-13H2,1-4H3. The van der Waals surface area contributed by atoms with Crippen LogP contribution in [0.1, 0.15) is 21.5 Å². The fourth-order valence-electron chi connectivity index (χ4n) is 3.41. The van der Waals surface area contributed by atoms with Crippen molar-refractivity contribution >= 4 is 15.9 Å². The van der Waals surface area contributed by atoms with Crippen LogP contribution in [0.15, 0.2) is 41.3 Å². The third-order valence-electron chi connectivity index (χ3n) is 5.35. The van der Waals surface area contributed by atoms with Crippen LogP contribution in [0, 0.1) is 13.8 Å². The largest absolute Gasteiger partial charge is 0.493 e. The molecule has 2 aromatic rings. The summed E-state index contributed by atoms with van der Waals surface area (Å²) < 4.78 is 37.8. The molecular formula is C21H26N2O5S. The Morgan fingerprint density at radius 1 is 0.931 bits per heavy atom. The molecular weight excluding hydrogens is 392 g/mol. The molecule has 3 rings (SSSR count). The fraction of sp³-hybridized carbons (Fsp3) is 0.381. The van der Waals surface area contributed by atoms with E-state index in [-0.39, 0.29) is 23.9 Å². The molecule has 1 aliphatic heterocycles. The minimum atomic E-state index is -3.69. The molecule has 1 amide bonds. The first-order valence-electron chi connectivity index (χ1n) is 9.37. The van der Waals surface area contributed by atoms with E-state index in [1.54, 1.807) is 11.0 Å². The first-order valence-corrected chi connectivity index (χ1v) is 10.8. The van der Waals surface area contributed by atoms with Crippen LogP contribution in [0.25, 0.3) is 0 Å². The van der Waals surface area contributed by atoms with E-state index in [2.05, 4.69) is 0 Å². The van der Waals surface area contributed by atoms with Crippen molar-refractivity contribution in [2.45, 2.75) is 18.7 Å². The maximum Gasteiger partial charge on any atom is 0.254 e. The summed E-state index contributed by atoms with van der Waals surface area (Å²) in [5.41, 5.74) is 2.68. The lowest BCUT2D eigenvalue weighted by Crippen LogP contribution is -2.50. The zero-order valence-corrected chi connectivity index (χ0v) is 18.0. The Morgan fingerprint density at radius 3 is 2.21 bits per heavy atom. The number of carbonyl (C=O) groups is 1. The van der Waals surface area contributed by atoms with Crippen LogP contribution in [-0.4, -0.2) is 63.9 Å². The second-order valence-electron chi connectivity index (χ2n) is 6.96. The second-order valence-corrected chi connectivity index (χ2v) is 8.90. The molecule has 29 heavy (non-hydrogen) atoms. The molecule has 156 valence electrons. The molecule has 0 radical (unpaired) electrons. The number of hydrogen-bond acceptors (Lipinski definition) is 5. The van der Waals surface area contributed by atoms with Crippen LogP contribution < -0.4 is 9.47 Å². The van der Waals surface area contributed by atoms with E-state index in [1.807, 2.05) is 32.0 Å². The monoisotopic (exact) mass is 418 g/mol. The van der Waals surface area contributed by atoms with Crippen molar-refractivity contribution in [3.8, 4) is 11.5 Å². The molecule has 8 heteroatoms. The van der Waals surface area contributed by atoms with Crippen LogP contribution in [0.4, 0.5) is 0 Å². The van der Waals surface area contributed by atoms with Gasteiger partial charge in [-0.2, -0.15) is 4.31 Å². The number of nitrogens with zero attached hydrogens (tertiary/aromatic N) is 2. The minimum Gasteiger partial charge on any atom is -0.493 e. The Bertz CT molecular complexity index is 1010. The molecule has 7 nitrogen and oxygen atoms in total. The molecule has 0 atom stereocenters. The number of benzene rings is 2. The maximum absolute atomic E-state index is 13.0. The van der Waals surface area contributed by atoms with Gasteiger partial charge in [0, 0.05) is 37.8 Å². The van der Waals surface area contributed by atoms with Crippen LogP contribution >= 0.6 is 0 Å². The van der Waals surface area contributed by atoms with Crippen LogP contribution in [0.5, 0.6) is 11.5 Å². The summed E-state index contributed by atoms with van der Waals surface area (Å²) in [5.74, 6) is 0.766. The van der Waals surface area contributed by atoms with Gasteiger partial charge in [0.25, 0.3) is 5.91 Å². The third-order valence-corrected chi connectivity index (χ3v) is 7.25. The molecule has 1 saturated heterocycles. The summed E-state index contributed by atoms with van der Waals surface area (Å²) in [6.45, 7) is 5.08. The lowest BCUT2D eigenvalue weighted by molar-refractivity contribution is 0.0697. The number of aryl methyl sites for hydroxylation is 1. The maximum atomic E-state index is 13.0. The van der Waals surface area contributed by atoms with E-state index < -0.39 is 10.0 Å². The van der Waals surface area contributed by atoms with Gasteiger partial charge in [0.15, 0.2) is 11.5 Å². The van der Waals surface area contributed by atoms with E-state index in [0.717, 1.165) is 11.1 Å². The lowest BCUT2D eigenvalue weighted by atomic mass is 10.0. The van der Waals surface area contributed by atoms with E-state index in [1.165, 1.54) is 30.7 Å². The van der Waals surface area contributed by atoms with E-state index >= 15 is 0 Å². The van der Waals surface area contributed by atoms with Gasteiger partial charge in [-0.05, 0) is 43.2 Å². The predicted octanol–water partition coefficient (Wildman–Crippen LogP) is 2.47. The lowest BCUT2D eigenvalue weighted by Gasteiger charge is -2.34.